The lowest BCUT2D eigenvalue weighted by Crippen LogP contribution is -2.32. The molecular weight excluding hydrogens is 381 g/mol. The third kappa shape index (κ3) is 7.89. The second-order valence-electron chi connectivity index (χ2n) is 4.40. The van der Waals surface area contributed by atoms with Gasteiger partial charge in [0.2, 0.25) is 0 Å². The normalized spacial score (nSPS) is 10.7. The molecule has 0 fully saturated rings. The molecule has 0 saturated heterocycles. The fourth-order valence-corrected chi connectivity index (χ4v) is 1.59. The number of nitrogens with two attached hydrogens (primary N) is 1. The predicted octanol–water partition coefficient (Wildman–Crippen LogP) is 2.69. The van der Waals surface area contributed by atoms with E-state index in [1.807, 2.05) is 12.1 Å². The summed E-state index contributed by atoms with van der Waals surface area (Å²) in [5.41, 5.74) is 7.29. The number of rotatable bonds is 7. The van der Waals surface area contributed by atoms with Crippen LogP contribution in [0.1, 0.15) is 42.6 Å². The summed E-state index contributed by atoms with van der Waals surface area (Å²) in [5, 5.41) is 3.05. The Morgan fingerprint density at radius 2 is 1.95 bits per heavy atom. The van der Waals surface area contributed by atoms with E-state index >= 15 is 0 Å². The quantitative estimate of drug-likeness (QED) is 0.241. The zero-order chi connectivity index (χ0) is 14.8. The van der Waals surface area contributed by atoms with E-state index in [1.165, 1.54) is 0 Å². The molecule has 21 heavy (non-hydrogen) atoms. The summed E-state index contributed by atoms with van der Waals surface area (Å²) in [6.45, 7) is 5.63. The molecule has 0 saturated carbocycles. The fraction of sp³-hybridized carbons (Fsp3) is 0.467. The Labute approximate surface area is 143 Å². The lowest BCUT2D eigenvalue weighted by atomic mass is 10.1. The highest BCUT2D eigenvalue weighted by Gasteiger charge is 2.05. The molecule has 0 atom stereocenters. The van der Waals surface area contributed by atoms with Crippen LogP contribution in [0.4, 0.5) is 0 Å². The van der Waals surface area contributed by atoms with Gasteiger partial charge in [-0.05, 0) is 31.0 Å². The third-order valence-electron chi connectivity index (χ3n) is 2.73. The first kappa shape index (κ1) is 19.7. The van der Waals surface area contributed by atoms with Crippen LogP contribution in [0.5, 0.6) is 0 Å². The van der Waals surface area contributed by atoms with E-state index in [9.17, 15) is 4.79 Å². The van der Waals surface area contributed by atoms with E-state index in [-0.39, 0.29) is 29.9 Å². The maximum Gasteiger partial charge on any atom is 0.338 e. The number of halogens is 1. The number of carbonyl (C=O) groups is 1. The molecule has 0 radical (unpaired) electrons. The van der Waals surface area contributed by atoms with E-state index in [0.29, 0.717) is 24.7 Å². The molecule has 0 unspecified atom stereocenters. The van der Waals surface area contributed by atoms with Gasteiger partial charge in [-0.2, -0.15) is 0 Å². The van der Waals surface area contributed by atoms with E-state index in [4.69, 9.17) is 10.5 Å². The molecule has 1 aromatic rings. The first-order valence-corrected chi connectivity index (χ1v) is 6.97. The van der Waals surface area contributed by atoms with Gasteiger partial charge in [0.1, 0.15) is 0 Å². The van der Waals surface area contributed by atoms with Crippen molar-refractivity contribution >= 4 is 35.9 Å². The molecule has 0 aliphatic carbocycles. The number of aliphatic imine (C=N–C) groups is 1. The molecule has 0 bridgehead atoms. The molecule has 0 aromatic heterocycles. The zero-order valence-electron chi connectivity index (χ0n) is 12.6. The van der Waals surface area contributed by atoms with Crippen molar-refractivity contribution in [3.8, 4) is 0 Å². The van der Waals surface area contributed by atoms with Gasteiger partial charge in [0.25, 0.3) is 0 Å². The van der Waals surface area contributed by atoms with E-state index in [0.717, 1.165) is 24.9 Å². The molecular formula is C15H24IN3O2. The van der Waals surface area contributed by atoms with Gasteiger partial charge < -0.3 is 15.8 Å². The van der Waals surface area contributed by atoms with Gasteiger partial charge in [0, 0.05) is 6.54 Å². The zero-order valence-corrected chi connectivity index (χ0v) is 14.9. The standard InChI is InChI=1S/C15H23N3O2.HI/c1-3-5-10-17-15(16)18-11-12-6-8-13(9-7-12)14(19)20-4-2;/h6-9H,3-5,10-11H2,1-2H3,(H3,16,17,18);1H. The Morgan fingerprint density at radius 3 is 2.52 bits per heavy atom. The van der Waals surface area contributed by atoms with Gasteiger partial charge in [0.15, 0.2) is 5.96 Å². The Bertz CT molecular complexity index is 447. The molecule has 0 spiro atoms. The topological polar surface area (TPSA) is 76.7 Å². The van der Waals surface area contributed by atoms with E-state index < -0.39 is 0 Å². The minimum atomic E-state index is -0.303. The average molecular weight is 405 g/mol. The molecule has 118 valence electrons. The molecule has 0 aliphatic rings. The molecule has 1 aromatic carbocycles. The molecule has 0 amide bonds. The SMILES string of the molecule is CCCCNC(N)=NCc1ccc(C(=O)OCC)cc1.I. The second-order valence-corrected chi connectivity index (χ2v) is 4.40. The number of hydrogen-bond donors (Lipinski definition) is 2. The summed E-state index contributed by atoms with van der Waals surface area (Å²) in [6.07, 6.45) is 2.19. The molecule has 3 N–H and O–H groups in total. The number of esters is 1. The Kier molecular flexibility index (Phi) is 10.7. The van der Waals surface area contributed by atoms with Crippen LogP contribution >= 0.6 is 24.0 Å². The lowest BCUT2D eigenvalue weighted by molar-refractivity contribution is 0.0526. The summed E-state index contributed by atoms with van der Waals surface area (Å²) in [7, 11) is 0. The fourth-order valence-electron chi connectivity index (χ4n) is 1.59. The number of ether oxygens (including phenoxy) is 1. The maximum absolute atomic E-state index is 11.5. The van der Waals surface area contributed by atoms with Crippen molar-refractivity contribution in [3.05, 3.63) is 35.4 Å². The minimum Gasteiger partial charge on any atom is -0.462 e. The Hall–Kier alpha value is -1.31. The maximum atomic E-state index is 11.5. The van der Waals surface area contributed by atoms with Crippen molar-refractivity contribution in [2.45, 2.75) is 33.2 Å². The molecule has 0 heterocycles. The highest BCUT2D eigenvalue weighted by Crippen LogP contribution is 2.07. The summed E-state index contributed by atoms with van der Waals surface area (Å²) >= 11 is 0. The smallest absolute Gasteiger partial charge is 0.338 e. The summed E-state index contributed by atoms with van der Waals surface area (Å²) in [6, 6.07) is 7.19. The number of carbonyl (C=O) groups excluding carboxylic acids is 1. The van der Waals surface area contributed by atoms with Crippen LogP contribution in [-0.4, -0.2) is 25.1 Å². The van der Waals surface area contributed by atoms with Crippen LogP contribution in [-0.2, 0) is 11.3 Å². The van der Waals surface area contributed by atoms with Crippen molar-refractivity contribution < 1.29 is 9.53 Å². The molecule has 1 rings (SSSR count). The van der Waals surface area contributed by atoms with Gasteiger partial charge in [0.05, 0.1) is 18.7 Å². The van der Waals surface area contributed by atoms with Crippen LogP contribution in [0.2, 0.25) is 0 Å². The predicted molar refractivity (Wildman–Crippen MR) is 96.1 cm³/mol. The van der Waals surface area contributed by atoms with Crippen molar-refractivity contribution in [1.82, 2.24) is 5.32 Å². The summed E-state index contributed by atoms with van der Waals surface area (Å²) in [4.78, 5) is 15.7. The van der Waals surface area contributed by atoms with Crippen molar-refractivity contribution in [2.24, 2.45) is 10.7 Å². The van der Waals surface area contributed by atoms with Crippen LogP contribution in [0.3, 0.4) is 0 Å². The number of hydrogen-bond acceptors (Lipinski definition) is 3. The van der Waals surface area contributed by atoms with Crippen molar-refractivity contribution in [2.75, 3.05) is 13.2 Å². The highest BCUT2D eigenvalue weighted by molar-refractivity contribution is 14.0. The monoisotopic (exact) mass is 405 g/mol. The number of guanidine groups is 1. The highest BCUT2D eigenvalue weighted by atomic mass is 127. The lowest BCUT2D eigenvalue weighted by Gasteiger charge is -2.05. The van der Waals surface area contributed by atoms with Crippen LogP contribution < -0.4 is 11.1 Å². The third-order valence-corrected chi connectivity index (χ3v) is 2.73. The summed E-state index contributed by atoms with van der Waals surface area (Å²) < 4.78 is 4.92. The van der Waals surface area contributed by atoms with E-state index in [2.05, 4.69) is 17.2 Å². The summed E-state index contributed by atoms with van der Waals surface area (Å²) in [5.74, 6) is 0.149. The average Bonchev–Trinajstić information content (AvgIpc) is 2.46. The molecule has 0 aliphatic heterocycles. The number of benzene rings is 1. The number of unbranched alkanes of at least 4 members (excludes halogenated alkanes) is 1. The van der Waals surface area contributed by atoms with Gasteiger partial charge in [-0.3, -0.25) is 0 Å². The minimum absolute atomic E-state index is 0. The Morgan fingerprint density at radius 1 is 1.29 bits per heavy atom. The first-order valence-electron chi connectivity index (χ1n) is 6.97. The molecule has 5 nitrogen and oxygen atoms in total. The van der Waals surface area contributed by atoms with Gasteiger partial charge in [-0.15, -0.1) is 24.0 Å². The van der Waals surface area contributed by atoms with Crippen molar-refractivity contribution in [3.63, 3.8) is 0 Å². The largest absolute Gasteiger partial charge is 0.462 e. The van der Waals surface area contributed by atoms with Crippen molar-refractivity contribution in [1.29, 1.82) is 0 Å². The van der Waals surface area contributed by atoms with Gasteiger partial charge in [-0.1, -0.05) is 25.5 Å². The number of nitrogens with one attached hydrogen (secondary N) is 1. The Balaban J connectivity index is 0.00000400. The number of nitrogens with zero attached hydrogens (tertiary/aromatic N) is 1. The van der Waals surface area contributed by atoms with Crippen LogP contribution in [0, 0.1) is 0 Å². The van der Waals surface area contributed by atoms with E-state index in [1.54, 1.807) is 19.1 Å². The van der Waals surface area contributed by atoms with Gasteiger partial charge in [-0.25, -0.2) is 9.79 Å². The first-order chi connectivity index (χ1) is 9.67. The van der Waals surface area contributed by atoms with Gasteiger partial charge >= 0.3 is 5.97 Å². The van der Waals surface area contributed by atoms with Crippen LogP contribution in [0.15, 0.2) is 29.3 Å². The second kappa shape index (κ2) is 11.4. The molecule has 6 heteroatoms. The van der Waals surface area contributed by atoms with Crippen LogP contribution in [0.25, 0.3) is 0 Å².